The molecule has 0 unspecified atom stereocenters. The van der Waals surface area contributed by atoms with Gasteiger partial charge < -0.3 is 19.3 Å². The lowest BCUT2D eigenvalue weighted by Gasteiger charge is -2.29. The SMILES string of the molecule is c1ccc(-c2cc(-c3ccc(N4CCOCC4)cc3)nc(-c3ccc(N4CCOCC4)cc3)c2)cc1. The fourth-order valence-corrected chi connectivity index (χ4v) is 4.95. The first-order chi connectivity index (χ1) is 17.8. The molecule has 0 spiro atoms. The van der Waals surface area contributed by atoms with E-state index in [4.69, 9.17) is 14.5 Å². The number of benzene rings is 3. The van der Waals surface area contributed by atoms with Crippen LogP contribution in [0.15, 0.2) is 91.0 Å². The van der Waals surface area contributed by atoms with Gasteiger partial charge in [0.15, 0.2) is 0 Å². The van der Waals surface area contributed by atoms with Crippen molar-refractivity contribution in [1.82, 2.24) is 4.98 Å². The Kier molecular flexibility index (Phi) is 6.66. The van der Waals surface area contributed by atoms with Gasteiger partial charge in [0, 0.05) is 48.7 Å². The van der Waals surface area contributed by atoms with Gasteiger partial charge in [-0.2, -0.15) is 0 Å². The van der Waals surface area contributed by atoms with Gasteiger partial charge in [-0.15, -0.1) is 0 Å². The van der Waals surface area contributed by atoms with Crippen LogP contribution in [0.5, 0.6) is 0 Å². The van der Waals surface area contributed by atoms with Gasteiger partial charge in [-0.05, 0) is 47.5 Å². The number of ether oxygens (including phenoxy) is 2. The van der Waals surface area contributed by atoms with E-state index in [1.54, 1.807) is 0 Å². The van der Waals surface area contributed by atoms with Crippen molar-refractivity contribution < 1.29 is 9.47 Å². The summed E-state index contributed by atoms with van der Waals surface area (Å²) in [5.41, 5.74) is 9.05. The maximum atomic E-state index is 5.51. The molecule has 3 aromatic carbocycles. The smallest absolute Gasteiger partial charge is 0.0715 e. The predicted octanol–water partition coefficient (Wildman–Crippen LogP) is 5.76. The van der Waals surface area contributed by atoms with E-state index in [0.717, 1.165) is 75.1 Å². The highest BCUT2D eigenvalue weighted by molar-refractivity contribution is 5.77. The van der Waals surface area contributed by atoms with Gasteiger partial charge in [0.2, 0.25) is 0 Å². The number of hydrogen-bond acceptors (Lipinski definition) is 5. The van der Waals surface area contributed by atoms with Crippen LogP contribution in [0.4, 0.5) is 11.4 Å². The van der Waals surface area contributed by atoms with Gasteiger partial charge in [0.05, 0.1) is 37.8 Å². The minimum Gasteiger partial charge on any atom is -0.378 e. The third-order valence-electron chi connectivity index (χ3n) is 7.01. The Hall–Kier alpha value is -3.67. The van der Waals surface area contributed by atoms with Crippen molar-refractivity contribution in [2.75, 3.05) is 62.4 Å². The van der Waals surface area contributed by atoms with Gasteiger partial charge >= 0.3 is 0 Å². The van der Waals surface area contributed by atoms with Crippen LogP contribution in [0.1, 0.15) is 0 Å². The summed E-state index contributed by atoms with van der Waals surface area (Å²) in [5, 5.41) is 0. The monoisotopic (exact) mass is 477 g/mol. The second-order valence-electron chi connectivity index (χ2n) is 9.28. The molecule has 36 heavy (non-hydrogen) atoms. The molecule has 3 heterocycles. The fourth-order valence-electron chi connectivity index (χ4n) is 4.95. The zero-order valence-corrected chi connectivity index (χ0v) is 20.5. The minimum atomic E-state index is 0.788. The van der Waals surface area contributed by atoms with Gasteiger partial charge in [-0.3, -0.25) is 0 Å². The van der Waals surface area contributed by atoms with E-state index >= 15 is 0 Å². The molecule has 2 aliphatic rings. The molecule has 0 aliphatic carbocycles. The molecule has 0 radical (unpaired) electrons. The average molecular weight is 478 g/mol. The Labute approximate surface area is 212 Å². The molecule has 182 valence electrons. The van der Waals surface area contributed by atoms with Crippen LogP contribution < -0.4 is 9.80 Å². The summed E-state index contributed by atoms with van der Waals surface area (Å²) in [7, 11) is 0. The van der Waals surface area contributed by atoms with Crippen LogP contribution in [0, 0.1) is 0 Å². The molecule has 0 amide bonds. The number of aromatic nitrogens is 1. The Morgan fingerprint density at radius 3 is 1.36 bits per heavy atom. The molecule has 2 fully saturated rings. The van der Waals surface area contributed by atoms with Crippen LogP contribution in [0.25, 0.3) is 33.6 Å². The van der Waals surface area contributed by atoms with Crippen molar-refractivity contribution in [3.8, 4) is 33.6 Å². The van der Waals surface area contributed by atoms with Gasteiger partial charge in [0.1, 0.15) is 0 Å². The number of anilines is 2. The molecule has 0 bridgehead atoms. The van der Waals surface area contributed by atoms with E-state index in [9.17, 15) is 0 Å². The normalized spacial score (nSPS) is 16.2. The highest BCUT2D eigenvalue weighted by atomic mass is 16.5. The van der Waals surface area contributed by atoms with Gasteiger partial charge in [-0.25, -0.2) is 4.98 Å². The molecule has 5 nitrogen and oxygen atoms in total. The maximum Gasteiger partial charge on any atom is 0.0715 e. The van der Waals surface area contributed by atoms with Crippen molar-refractivity contribution in [3.63, 3.8) is 0 Å². The second kappa shape index (κ2) is 10.5. The Morgan fingerprint density at radius 2 is 0.917 bits per heavy atom. The summed E-state index contributed by atoms with van der Waals surface area (Å²) in [4.78, 5) is 9.87. The van der Waals surface area contributed by atoms with Crippen molar-refractivity contribution in [2.45, 2.75) is 0 Å². The first-order valence-electron chi connectivity index (χ1n) is 12.8. The standard InChI is InChI=1S/C31H31N3O2/c1-2-4-24(5-3-1)27-22-30(25-6-10-28(11-7-25)33-14-18-35-19-15-33)32-31(23-27)26-8-12-29(13-9-26)34-16-20-36-21-17-34/h1-13,22-23H,14-21H2. The number of hydrogen-bond donors (Lipinski definition) is 0. The topological polar surface area (TPSA) is 37.8 Å². The molecule has 0 N–H and O–H groups in total. The van der Waals surface area contributed by atoms with Crippen LogP contribution >= 0.6 is 0 Å². The zero-order valence-electron chi connectivity index (χ0n) is 20.5. The molecule has 2 saturated heterocycles. The summed E-state index contributed by atoms with van der Waals surface area (Å²) in [6.07, 6.45) is 0. The lowest BCUT2D eigenvalue weighted by atomic mass is 9.99. The summed E-state index contributed by atoms with van der Waals surface area (Å²) in [5.74, 6) is 0. The molecule has 1 aromatic heterocycles. The highest BCUT2D eigenvalue weighted by Crippen LogP contribution is 2.32. The molecule has 5 heteroatoms. The molecule has 0 atom stereocenters. The van der Waals surface area contributed by atoms with Gasteiger partial charge in [0.25, 0.3) is 0 Å². The first kappa shape index (κ1) is 22.8. The Balaban J connectivity index is 1.34. The molecular formula is C31H31N3O2. The average Bonchev–Trinajstić information content (AvgIpc) is 2.98. The summed E-state index contributed by atoms with van der Waals surface area (Å²) in [6, 6.07) is 32.5. The number of morpholine rings is 2. The van der Waals surface area contributed by atoms with E-state index in [-0.39, 0.29) is 0 Å². The lowest BCUT2D eigenvalue weighted by molar-refractivity contribution is 0.122. The lowest BCUT2D eigenvalue weighted by Crippen LogP contribution is -2.36. The minimum absolute atomic E-state index is 0.788. The Bertz CT molecular complexity index is 1200. The fraction of sp³-hybridized carbons (Fsp3) is 0.258. The Morgan fingerprint density at radius 1 is 0.472 bits per heavy atom. The van der Waals surface area contributed by atoms with E-state index in [0.29, 0.717) is 0 Å². The van der Waals surface area contributed by atoms with Crippen molar-refractivity contribution >= 4 is 11.4 Å². The molecule has 4 aromatic rings. The third kappa shape index (κ3) is 4.99. The first-order valence-corrected chi connectivity index (χ1v) is 12.8. The van der Waals surface area contributed by atoms with E-state index in [1.807, 2.05) is 0 Å². The zero-order chi connectivity index (χ0) is 24.2. The predicted molar refractivity (Wildman–Crippen MR) is 147 cm³/mol. The quantitative estimate of drug-likeness (QED) is 0.366. The van der Waals surface area contributed by atoms with E-state index < -0.39 is 0 Å². The van der Waals surface area contributed by atoms with Gasteiger partial charge in [-0.1, -0.05) is 54.6 Å². The number of nitrogens with zero attached hydrogens (tertiary/aromatic N) is 3. The largest absolute Gasteiger partial charge is 0.378 e. The van der Waals surface area contributed by atoms with Crippen molar-refractivity contribution in [1.29, 1.82) is 0 Å². The number of pyridine rings is 1. The van der Waals surface area contributed by atoms with Crippen LogP contribution in [-0.4, -0.2) is 57.6 Å². The van der Waals surface area contributed by atoms with Crippen LogP contribution in [-0.2, 0) is 9.47 Å². The molecule has 6 rings (SSSR count). The third-order valence-corrected chi connectivity index (χ3v) is 7.01. The summed E-state index contributed by atoms with van der Waals surface area (Å²) >= 11 is 0. The summed E-state index contributed by atoms with van der Waals surface area (Å²) < 4.78 is 11.0. The second-order valence-corrected chi connectivity index (χ2v) is 9.28. The highest BCUT2D eigenvalue weighted by Gasteiger charge is 2.14. The molecule has 0 saturated carbocycles. The van der Waals surface area contributed by atoms with E-state index in [2.05, 4.69) is 101 Å². The van der Waals surface area contributed by atoms with Crippen LogP contribution in [0.2, 0.25) is 0 Å². The summed E-state index contributed by atoms with van der Waals surface area (Å²) in [6.45, 7) is 6.90. The maximum absolute atomic E-state index is 5.51. The van der Waals surface area contributed by atoms with E-state index in [1.165, 1.54) is 22.5 Å². The molecule has 2 aliphatic heterocycles. The number of rotatable bonds is 5. The molecular weight excluding hydrogens is 446 g/mol. The van der Waals surface area contributed by atoms with Crippen molar-refractivity contribution in [2.24, 2.45) is 0 Å². The van der Waals surface area contributed by atoms with Crippen molar-refractivity contribution in [3.05, 3.63) is 91.0 Å². The van der Waals surface area contributed by atoms with Crippen LogP contribution in [0.3, 0.4) is 0 Å².